The van der Waals surface area contributed by atoms with Gasteiger partial charge in [0.1, 0.15) is 5.75 Å². The summed E-state index contributed by atoms with van der Waals surface area (Å²) < 4.78 is 4.84. The first kappa shape index (κ1) is 10.6. The molecule has 0 aromatic heterocycles. The van der Waals surface area contributed by atoms with Crippen molar-refractivity contribution in [1.29, 1.82) is 0 Å². The summed E-state index contributed by atoms with van der Waals surface area (Å²) in [4.78, 5) is 10.2. The Labute approximate surface area is 80.7 Å². The van der Waals surface area contributed by atoms with E-state index in [0.717, 1.165) is 0 Å². The number of hydrogen-bond donors (Lipinski definition) is 3. The van der Waals surface area contributed by atoms with Gasteiger partial charge in [-0.3, -0.25) is 0 Å². The van der Waals surface area contributed by atoms with Crippen molar-refractivity contribution >= 4 is 18.6 Å². The van der Waals surface area contributed by atoms with Crippen molar-refractivity contribution in [3.8, 4) is 5.75 Å². The highest BCUT2D eigenvalue weighted by molar-refractivity contribution is 6.58. The van der Waals surface area contributed by atoms with Gasteiger partial charge in [-0.2, -0.15) is 0 Å². The molecular formula is C8H9BO5. The standard InChI is InChI=1S/C8H9BO5/c10-8(11)5-14-7-3-1-2-6(4-7)9(12)13/h1-4,12-13H,5H2,(H,10,11). The SMILES string of the molecule is O=C(O)COc1cccc(B(O)O)c1. The van der Waals surface area contributed by atoms with Crippen LogP contribution in [0.15, 0.2) is 24.3 Å². The maximum absolute atomic E-state index is 10.2. The van der Waals surface area contributed by atoms with Crippen LogP contribution in [0.2, 0.25) is 0 Å². The minimum absolute atomic E-state index is 0.257. The smallest absolute Gasteiger partial charge is 0.482 e. The largest absolute Gasteiger partial charge is 0.488 e. The van der Waals surface area contributed by atoms with Gasteiger partial charge in [0.25, 0.3) is 0 Å². The lowest BCUT2D eigenvalue weighted by Gasteiger charge is -2.04. The monoisotopic (exact) mass is 196 g/mol. The fourth-order valence-electron chi connectivity index (χ4n) is 0.910. The van der Waals surface area contributed by atoms with Crippen LogP contribution in [0.25, 0.3) is 0 Å². The predicted octanol–water partition coefficient (Wildman–Crippen LogP) is -1.17. The van der Waals surface area contributed by atoms with E-state index < -0.39 is 19.7 Å². The molecule has 0 fully saturated rings. The molecule has 0 saturated carbocycles. The van der Waals surface area contributed by atoms with Crippen molar-refractivity contribution < 1.29 is 24.7 Å². The molecular weight excluding hydrogens is 187 g/mol. The first-order valence-corrected chi connectivity index (χ1v) is 3.90. The van der Waals surface area contributed by atoms with Crippen LogP contribution in [0, 0.1) is 0 Å². The van der Waals surface area contributed by atoms with Crippen LogP contribution >= 0.6 is 0 Å². The summed E-state index contributed by atoms with van der Waals surface area (Å²) >= 11 is 0. The number of hydrogen-bond acceptors (Lipinski definition) is 4. The summed E-state index contributed by atoms with van der Waals surface area (Å²) in [7, 11) is -1.58. The summed E-state index contributed by atoms with van der Waals surface area (Å²) in [6, 6.07) is 5.95. The average Bonchev–Trinajstić information content (AvgIpc) is 2.15. The zero-order valence-electron chi connectivity index (χ0n) is 7.25. The van der Waals surface area contributed by atoms with Crippen molar-refractivity contribution in [2.45, 2.75) is 0 Å². The van der Waals surface area contributed by atoms with Crippen molar-refractivity contribution in [2.75, 3.05) is 6.61 Å². The molecule has 0 aliphatic heterocycles. The van der Waals surface area contributed by atoms with Gasteiger partial charge in [-0.25, -0.2) is 4.79 Å². The minimum atomic E-state index is -1.58. The molecule has 0 radical (unpaired) electrons. The Kier molecular flexibility index (Phi) is 3.50. The second-order valence-corrected chi connectivity index (χ2v) is 2.63. The molecule has 3 N–H and O–H groups in total. The molecule has 0 spiro atoms. The van der Waals surface area contributed by atoms with Crippen LogP contribution in [-0.4, -0.2) is 34.8 Å². The second-order valence-electron chi connectivity index (χ2n) is 2.63. The van der Waals surface area contributed by atoms with Crippen LogP contribution in [0.1, 0.15) is 0 Å². The Morgan fingerprint density at radius 1 is 1.43 bits per heavy atom. The predicted molar refractivity (Wildman–Crippen MR) is 49.4 cm³/mol. The fourth-order valence-corrected chi connectivity index (χ4v) is 0.910. The Morgan fingerprint density at radius 2 is 2.14 bits per heavy atom. The zero-order valence-corrected chi connectivity index (χ0v) is 7.25. The highest BCUT2D eigenvalue weighted by Gasteiger charge is 2.11. The average molecular weight is 196 g/mol. The summed E-state index contributed by atoms with van der Waals surface area (Å²) in [5.41, 5.74) is 0.257. The van der Waals surface area contributed by atoms with Gasteiger partial charge in [0, 0.05) is 0 Å². The lowest BCUT2D eigenvalue weighted by molar-refractivity contribution is -0.139. The summed E-state index contributed by atoms with van der Waals surface area (Å²) in [6.07, 6.45) is 0. The molecule has 0 unspecified atom stereocenters. The van der Waals surface area contributed by atoms with E-state index in [4.69, 9.17) is 19.9 Å². The van der Waals surface area contributed by atoms with Gasteiger partial charge in [-0.15, -0.1) is 0 Å². The molecule has 1 aromatic carbocycles. The van der Waals surface area contributed by atoms with Crippen molar-refractivity contribution in [2.24, 2.45) is 0 Å². The van der Waals surface area contributed by atoms with Gasteiger partial charge < -0.3 is 19.9 Å². The topological polar surface area (TPSA) is 87.0 Å². The molecule has 14 heavy (non-hydrogen) atoms. The molecule has 0 amide bonds. The minimum Gasteiger partial charge on any atom is -0.482 e. The van der Waals surface area contributed by atoms with E-state index in [1.165, 1.54) is 18.2 Å². The third-order valence-corrected chi connectivity index (χ3v) is 1.52. The molecule has 0 bridgehead atoms. The number of rotatable bonds is 4. The molecule has 0 heterocycles. The van der Waals surface area contributed by atoms with Gasteiger partial charge in [0.15, 0.2) is 6.61 Å². The molecule has 6 heteroatoms. The number of benzene rings is 1. The van der Waals surface area contributed by atoms with Crippen LogP contribution < -0.4 is 10.2 Å². The number of carboxylic acid groups (broad SMARTS) is 1. The first-order chi connectivity index (χ1) is 6.59. The Morgan fingerprint density at radius 3 is 2.71 bits per heavy atom. The van der Waals surface area contributed by atoms with E-state index in [0.29, 0.717) is 0 Å². The highest BCUT2D eigenvalue weighted by atomic mass is 16.5. The van der Waals surface area contributed by atoms with Gasteiger partial charge in [-0.1, -0.05) is 12.1 Å². The van der Waals surface area contributed by atoms with Crippen LogP contribution in [0.5, 0.6) is 5.75 Å². The van der Waals surface area contributed by atoms with E-state index in [2.05, 4.69) is 0 Å². The van der Waals surface area contributed by atoms with E-state index in [9.17, 15) is 4.79 Å². The molecule has 0 aliphatic rings. The van der Waals surface area contributed by atoms with Gasteiger partial charge in [-0.05, 0) is 17.6 Å². The Hall–Kier alpha value is -1.53. The van der Waals surface area contributed by atoms with E-state index in [-0.39, 0.29) is 11.2 Å². The first-order valence-electron chi connectivity index (χ1n) is 3.90. The van der Waals surface area contributed by atoms with E-state index in [1.807, 2.05) is 0 Å². The number of carboxylic acids is 1. The maximum Gasteiger partial charge on any atom is 0.488 e. The third-order valence-electron chi connectivity index (χ3n) is 1.52. The molecule has 74 valence electrons. The molecule has 1 rings (SSSR count). The molecule has 5 nitrogen and oxygen atoms in total. The van der Waals surface area contributed by atoms with Crippen molar-refractivity contribution in [1.82, 2.24) is 0 Å². The normalized spacial score (nSPS) is 9.57. The Balaban J connectivity index is 2.68. The highest BCUT2D eigenvalue weighted by Crippen LogP contribution is 2.06. The third kappa shape index (κ3) is 3.08. The zero-order chi connectivity index (χ0) is 10.6. The lowest BCUT2D eigenvalue weighted by atomic mass is 9.80. The van der Waals surface area contributed by atoms with Gasteiger partial charge >= 0.3 is 13.1 Å². The summed E-state index contributed by atoms with van der Waals surface area (Å²) in [5, 5.41) is 25.9. The number of carbonyl (C=O) groups is 1. The molecule has 1 aromatic rings. The molecule has 0 saturated heterocycles. The van der Waals surface area contributed by atoms with Crippen LogP contribution in [0.4, 0.5) is 0 Å². The number of ether oxygens (including phenoxy) is 1. The van der Waals surface area contributed by atoms with Gasteiger partial charge in [0.05, 0.1) is 0 Å². The fraction of sp³-hybridized carbons (Fsp3) is 0.125. The van der Waals surface area contributed by atoms with Crippen LogP contribution in [0.3, 0.4) is 0 Å². The van der Waals surface area contributed by atoms with Crippen molar-refractivity contribution in [3.63, 3.8) is 0 Å². The van der Waals surface area contributed by atoms with E-state index >= 15 is 0 Å². The van der Waals surface area contributed by atoms with E-state index in [1.54, 1.807) is 6.07 Å². The second kappa shape index (κ2) is 4.64. The maximum atomic E-state index is 10.2. The molecule has 0 aliphatic carbocycles. The van der Waals surface area contributed by atoms with Crippen molar-refractivity contribution in [3.05, 3.63) is 24.3 Å². The van der Waals surface area contributed by atoms with Gasteiger partial charge in [0.2, 0.25) is 0 Å². The lowest BCUT2D eigenvalue weighted by Crippen LogP contribution is -2.29. The quantitative estimate of drug-likeness (QED) is 0.528. The Bertz CT molecular complexity index is 325. The summed E-state index contributed by atoms with van der Waals surface area (Å²) in [5.74, 6) is -0.794. The van der Waals surface area contributed by atoms with Crippen LogP contribution in [-0.2, 0) is 4.79 Å². The molecule has 0 atom stereocenters. The summed E-state index contributed by atoms with van der Waals surface area (Å²) in [6.45, 7) is -0.453. The number of aliphatic carboxylic acids is 1.